The summed E-state index contributed by atoms with van der Waals surface area (Å²) in [5, 5.41) is 8.00. The number of nitrogens with zero attached hydrogens (tertiary/aromatic N) is 3. The Balaban J connectivity index is 2.23. The monoisotopic (exact) mass is 358 g/mol. The first-order valence-electron chi connectivity index (χ1n) is 9.92. The molecule has 0 bridgehead atoms. The van der Waals surface area contributed by atoms with Gasteiger partial charge in [0.1, 0.15) is 5.82 Å². The molecule has 26 heavy (non-hydrogen) atoms. The summed E-state index contributed by atoms with van der Waals surface area (Å²) in [4.78, 5) is 14.1. The van der Waals surface area contributed by atoms with E-state index >= 15 is 0 Å². The molecular weight excluding hydrogens is 324 g/mol. The fourth-order valence-corrected chi connectivity index (χ4v) is 3.39. The minimum absolute atomic E-state index is 0.124. The number of unbranched alkanes of at least 4 members (excludes halogenated alkanes) is 1. The molecule has 1 aromatic heterocycles. The molecule has 1 fully saturated rings. The molecule has 144 valence electrons. The first-order chi connectivity index (χ1) is 12.4. The van der Waals surface area contributed by atoms with Crippen molar-refractivity contribution < 1.29 is 4.79 Å². The highest BCUT2D eigenvalue weighted by Crippen LogP contribution is 2.22. The molecule has 2 rings (SSSR count). The minimum atomic E-state index is 0.124. The topological polar surface area (TPSA) is 50.2 Å². The molecule has 1 N–H and O–H groups in total. The molecule has 0 saturated carbocycles. The summed E-state index contributed by atoms with van der Waals surface area (Å²) < 4.78 is 2.05. The summed E-state index contributed by atoms with van der Waals surface area (Å²) in [7, 11) is 0. The van der Waals surface area contributed by atoms with Crippen molar-refractivity contribution in [2.45, 2.75) is 72.3 Å². The maximum atomic E-state index is 11.8. The van der Waals surface area contributed by atoms with Gasteiger partial charge in [-0.25, -0.2) is 4.68 Å². The van der Waals surface area contributed by atoms with Crippen LogP contribution in [0.5, 0.6) is 0 Å². The van der Waals surface area contributed by atoms with Crippen LogP contribution in [0, 0.1) is 6.92 Å². The summed E-state index contributed by atoms with van der Waals surface area (Å²) in [6.07, 6.45) is 8.07. The predicted octanol–water partition coefficient (Wildman–Crippen LogP) is 3.90. The van der Waals surface area contributed by atoms with E-state index in [9.17, 15) is 4.79 Å². The second kappa shape index (κ2) is 9.60. The molecule has 1 aliphatic heterocycles. The normalized spacial score (nSPS) is 18.1. The van der Waals surface area contributed by atoms with Crippen LogP contribution in [-0.4, -0.2) is 39.7 Å². The van der Waals surface area contributed by atoms with E-state index in [4.69, 9.17) is 5.10 Å². The van der Waals surface area contributed by atoms with Crippen molar-refractivity contribution in [3.05, 3.63) is 35.7 Å². The van der Waals surface area contributed by atoms with Crippen molar-refractivity contribution >= 4 is 11.7 Å². The van der Waals surface area contributed by atoms with E-state index in [1.165, 1.54) is 6.42 Å². The molecule has 5 nitrogen and oxygen atoms in total. The van der Waals surface area contributed by atoms with E-state index in [0.29, 0.717) is 6.42 Å². The molecule has 5 heteroatoms. The van der Waals surface area contributed by atoms with Gasteiger partial charge in [0.2, 0.25) is 5.91 Å². The second-order valence-corrected chi connectivity index (χ2v) is 7.35. The van der Waals surface area contributed by atoms with Gasteiger partial charge in [0.25, 0.3) is 0 Å². The van der Waals surface area contributed by atoms with Gasteiger partial charge in [-0.1, -0.05) is 32.4 Å². The van der Waals surface area contributed by atoms with Crippen LogP contribution in [0.4, 0.5) is 0 Å². The molecule has 2 heterocycles. The SMILES string of the molecule is C=C(C)/C=C(/N1CCCC(NC(=O)CC)C1)n1nc(CCCC)cc1C. The lowest BCUT2D eigenvalue weighted by molar-refractivity contribution is -0.121. The van der Waals surface area contributed by atoms with Gasteiger partial charge in [0, 0.05) is 31.2 Å². The van der Waals surface area contributed by atoms with Gasteiger partial charge in [0.05, 0.1) is 5.69 Å². The quantitative estimate of drug-likeness (QED) is 0.717. The lowest BCUT2D eigenvalue weighted by Gasteiger charge is -2.36. The average Bonchev–Trinajstić information content (AvgIpc) is 2.98. The van der Waals surface area contributed by atoms with E-state index in [2.05, 4.69) is 42.8 Å². The van der Waals surface area contributed by atoms with E-state index in [-0.39, 0.29) is 11.9 Å². The molecule has 1 unspecified atom stereocenters. The summed E-state index contributed by atoms with van der Waals surface area (Å²) in [6.45, 7) is 14.1. The molecule has 1 amide bonds. The fourth-order valence-electron chi connectivity index (χ4n) is 3.39. The third-order valence-corrected chi connectivity index (χ3v) is 4.75. The zero-order valence-electron chi connectivity index (χ0n) is 16.8. The van der Waals surface area contributed by atoms with Crippen molar-refractivity contribution in [3.63, 3.8) is 0 Å². The van der Waals surface area contributed by atoms with Crippen molar-refractivity contribution in [2.24, 2.45) is 0 Å². The van der Waals surface area contributed by atoms with Gasteiger partial charge in [-0.15, -0.1) is 0 Å². The lowest BCUT2D eigenvalue weighted by atomic mass is 10.1. The number of hydrogen-bond acceptors (Lipinski definition) is 3. The number of likely N-dealkylation sites (tertiary alicyclic amines) is 1. The van der Waals surface area contributed by atoms with Crippen LogP contribution in [0.2, 0.25) is 0 Å². The third kappa shape index (κ3) is 5.48. The van der Waals surface area contributed by atoms with Crippen LogP contribution in [0.25, 0.3) is 5.82 Å². The molecule has 0 aromatic carbocycles. The fraction of sp³-hybridized carbons (Fsp3) is 0.619. The summed E-state index contributed by atoms with van der Waals surface area (Å²) in [5.41, 5.74) is 3.29. The van der Waals surface area contributed by atoms with Crippen molar-refractivity contribution in [1.29, 1.82) is 0 Å². The maximum absolute atomic E-state index is 11.8. The Hall–Kier alpha value is -2.04. The van der Waals surface area contributed by atoms with E-state index < -0.39 is 0 Å². The Morgan fingerprint density at radius 1 is 1.46 bits per heavy atom. The maximum Gasteiger partial charge on any atom is 0.219 e. The summed E-state index contributed by atoms with van der Waals surface area (Å²) in [6, 6.07) is 2.38. The van der Waals surface area contributed by atoms with Gasteiger partial charge in [-0.2, -0.15) is 5.10 Å². The third-order valence-electron chi connectivity index (χ3n) is 4.75. The highest BCUT2D eigenvalue weighted by molar-refractivity contribution is 5.75. The molecular formula is C21H34N4O. The minimum Gasteiger partial charge on any atom is -0.354 e. The lowest BCUT2D eigenvalue weighted by Crippen LogP contribution is -2.47. The Labute approximate surface area is 158 Å². The Morgan fingerprint density at radius 3 is 2.88 bits per heavy atom. The van der Waals surface area contributed by atoms with Crippen LogP contribution >= 0.6 is 0 Å². The van der Waals surface area contributed by atoms with Gasteiger partial charge in [0.15, 0.2) is 0 Å². The van der Waals surface area contributed by atoms with Crippen molar-refractivity contribution in [3.8, 4) is 0 Å². The number of amides is 1. The van der Waals surface area contributed by atoms with E-state index in [0.717, 1.165) is 61.6 Å². The van der Waals surface area contributed by atoms with Crippen LogP contribution in [0.15, 0.2) is 24.3 Å². The number of carbonyl (C=O) groups excluding carboxylic acids is 1. The number of carbonyl (C=O) groups is 1. The number of hydrogen-bond donors (Lipinski definition) is 1. The average molecular weight is 359 g/mol. The molecule has 1 saturated heterocycles. The number of aryl methyl sites for hydroxylation is 2. The second-order valence-electron chi connectivity index (χ2n) is 7.35. The summed E-state index contributed by atoms with van der Waals surface area (Å²) in [5.74, 6) is 1.19. The first kappa shape index (κ1) is 20.3. The Kier molecular flexibility index (Phi) is 7.49. The molecule has 1 aromatic rings. The van der Waals surface area contributed by atoms with Crippen molar-refractivity contribution in [1.82, 2.24) is 20.0 Å². The molecule has 0 radical (unpaired) electrons. The number of aromatic nitrogens is 2. The van der Waals surface area contributed by atoms with Gasteiger partial charge >= 0.3 is 0 Å². The molecule has 1 aliphatic rings. The number of piperidine rings is 1. The van der Waals surface area contributed by atoms with Gasteiger partial charge < -0.3 is 10.2 Å². The van der Waals surface area contributed by atoms with Crippen molar-refractivity contribution in [2.75, 3.05) is 13.1 Å². The Morgan fingerprint density at radius 2 is 2.23 bits per heavy atom. The van der Waals surface area contributed by atoms with E-state index in [1.807, 2.05) is 18.5 Å². The predicted molar refractivity (Wildman–Crippen MR) is 108 cm³/mol. The molecule has 0 aliphatic carbocycles. The first-order valence-corrected chi connectivity index (χ1v) is 9.92. The van der Waals surface area contributed by atoms with Crippen LogP contribution in [0.1, 0.15) is 64.3 Å². The standard InChI is InChI=1S/C21H34N4O/c1-6-8-10-18-14-17(5)25(23-18)21(13-16(3)4)24-12-9-11-19(15-24)22-20(26)7-2/h13-14,19H,3,6-12,15H2,1-2,4-5H3,(H,22,26)/b21-13-. The smallest absolute Gasteiger partial charge is 0.219 e. The highest BCUT2D eigenvalue weighted by Gasteiger charge is 2.24. The highest BCUT2D eigenvalue weighted by atomic mass is 16.1. The van der Waals surface area contributed by atoms with Crippen LogP contribution in [0.3, 0.4) is 0 Å². The molecule has 0 spiro atoms. The number of allylic oxidation sites excluding steroid dienone is 2. The number of rotatable bonds is 8. The zero-order valence-corrected chi connectivity index (χ0v) is 16.8. The van der Waals surface area contributed by atoms with E-state index in [1.54, 1.807) is 0 Å². The van der Waals surface area contributed by atoms with Gasteiger partial charge in [-0.05, 0) is 51.7 Å². The van der Waals surface area contributed by atoms with Crippen LogP contribution < -0.4 is 5.32 Å². The largest absolute Gasteiger partial charge is 0.354 e. The zero-order chi connectivity index (χ0) is 19.1. The molecule has 1 atom stereocenters. The van der Waals surface area contributed by atoms with Gasteiger partial charge in [-0.3, -0.25) is 4.79 Å². The summed E-state index contributed by atoms with van der Waals surface area (Å²) >= 11 is 0. The van der Waals surface area contributed by atoms with Crippen LogP contribution in [-0.2, 0) is 11.2 Å². The Bertz CT molecular complexity index is 659. The number of nitrogens with one attached hydrogen (secondary N) is 1.